The molecule has 1 aromatic carbocycles. The Bertz CT molecular complexity index is 756. The average Bonchev–Trinajstić information content (AvgIpc) is 2.62. The predicted octanol–water partition coefficient (Wildman–Crippen LogP) is 2.94. The van der Waals surface area contributed by atoms with Crippen LogP contribution in [-0.2, 0) is 14.8 Å². The van der Waals surface area contributed by atoms with Gasteiger partial charge in [-0.1, -0.05) is 19.3 Å². The summed E-state index contributed by atoms with van der Waals surface area (Å²) in [6.45, 7) is 4.81. The van der Waals surface area contributed by atoms with Crippen LogP contribution in [0.15, 0.2) is 29.2 Å². The van der Waals surface area contributed by atoms with Gasteiger partial charge in [0.25, 0.3) is 0 Å². The average molecular weight is 396 g/mol. The van der Waals surface area contributed by atoms with Crippen molar-refractivity contribution in [3.63, 3.8) is 0 Å². The van der Waals surface area contributed by atoms with Gasteiger partial charge in [-0.3, -0.25) is 0 Å². The number of carbonyl (C=O) groups is 1. The lowest BCUT2D eigenvalue weighted by Gasteiger charge is -2.40. The van der Waals surface area contributed by atoms with Gasteiger partial charge in [-0.25, -0.2) is 13.2 Å². The molecule has 27 heavy (non-hydrogen) atoms. The zero-order chi connectivity index (χ0) is 19.5. The number of amides is 2. The number of nitrogens with one attached hydrogen (secondary N) is 2. The van der Waals surface area contributed by atoms with Crippen molar-refractivity contribution in [3.8, 4) is 0 Å². The first-order valence-electron chi connectivity index (χ1n) is 9.57. The third-order valence-corrected chi connectivity index (χ3v) is 7.33. The van der Waals surface area contributed by atoms with Crippen molar-refractivity contribution >= 4 is 21.7 Å². The molecule has 0 bridgehead atoms. The SMILES string of the molecule is CC1(C)COCCN1S(=O)(=O)c1ccc(NC(=O)NC2CCCCC2)cc1. The van der Waals surface area contributed by atoms with Crippen molar-refractivity contribution < 1.29 is 17.9 Å². The van der Waals surface area contributed by atoms with E-state index in [-0.39, 0.29) is 17.0 Å². The monoisotopic (exact) mass is 395 g/mol. The number of hydrogen-bond donors (Lipinski definition) is 2. The summed E-state index contributed by atoms with van der Waals surface area (Å²) < 4.78 is 32.8. The quantitative estimate of drug-likeness (QED) is 0.820. The van der Waals surface area contributed by atoms with Crippen molar-refractivity contribution in [1.82, 2.24) is 9.62 Å². The molecule has 7 nitrogen and oxygen atoms in total. The first-order valence-corrected chi connectivity index (χ1v) is 11.0. The Balaban J connectivity index is 1.64. The second-order valence-corrected chi connectivity index (χ2v) is 9.76. The maximum absolute atomic E-state index is 13.0. The minimum absolute atomic E-state index is 0.218. The van der Waals surface area contributed by atoms with Gasteiger partial charge in [0.1, 0.15) is 0 Å². The molecule has 2 N–H and O–H groups in total. The first-order chi connectivity index (χ1) is 12.8. The van der Waals surface area contributed by atoms with Crippen molar-refractivity contribution in [2.75, 3.05) is 25.1 Å². The topological polar surface area (TPSA) is 87.7 Å². The number of ether oxygens (including phenoxy) is 1. The molecule has 0 atom stereocenters. The van der Waals surface area contributed by atoms with Crippen LogP contribution in [0.3, 0.4) is 0 Å². The number of urea groups is 1. The van der Waals surface area contributed by atoms with E-state index < -0.39 is 15.6 Å². The van der Waals surface area contributed by atoms with Crippen LogP contribution >= 0.6 is 0 Å². The molecule has 0 radical (unpaired) electrons. The summed E-state index contributed by atoms with van der Waals surface area (Å²) in [5, 5.41) is 5.77. The number of anilines is 1. The highest BCUT2D eigenvalue weighted by molar-refractivity contribution is 7.89. The second kappa shape index (κ2) is 8.16. The van der Waals surface area contributed by atoms with E-state index in [4.69, 9.17) is 4.74 Å². The lowest BCUT2D eigenvalue weighted by atomic mass is 9.96. The molecule has 0 aromatic heterocycles. The van der Waals surface area contributed by atoms with Crippen LogP contribution in [0.1, 0.15) is 46.0 Å². The van der Waals surface area contributed by atoms with Crippen molar-refractivity contribution in [2.24, 2.45) is 0 Å². The summed E-state index contributed by atoms with van der Waals surface area (Å²) in [7, 11) is -3.61. The molecular weight excluding hydrogens is 366 g/mol. The number of carbonyl (C=O) groups excluding carboxylic acids is 1. The zero-order valence-electron chi connectivity index (χ0n) is 16.0. The van der Waals surface area contributed by atoms with Gasteiger partial charge in [-0.15, -0.1) is 0 Å². The summed E-state index contributed by atoms with van der Waals surface area (Å²) in [5.74, 6) is 0. The van der Waals surface area contributed by atoms with E-state index in [0.717, 1.165) is 25.7 Å². The van der Waals surface area contributed by atoms with E-state index in [1.54, 1.807) is 12.1 Å². The number of rotatable bonds is 4. The Kier molecular flexibility index (Phi) is 6.08. The van der Waals surface area contributed by atoms with Gasteiger partial charge < -0.3 is 15.4 Å². The highest BCUT2D eigenvalue weighted by Gasteiger charge is 2.39. The van der Waals surface area contributed by atoms with Gasteiger partial charge in [-0.2, -0.15) is 4.31 Å². The maximum Gasteiger partial charge on any atom is 0.319 e. The highest BCUT2D eigenvalue weighted by atomic mass is 32.2. The van der Waals surface area contributed by atoms with E-state index in [9.17, 15) is 13.2 Å². The Morgan fingerprint density at radius 2 is 1.81 bits per heavy atom. The summed E-state index contributed by atoms with van der Waals surface area (Å²) in [6, 6.07) is 6.31. The maximum atomic E-state index is 13.0. The Labute approximate surface area is 161 Å². The molecule has 1 saturated heterocycles. The molecular formula is C19H29N3O4S. The molecule has 2 amide bonds. The van der Waals surface area contributed by atoms with Gasteiger partial charge in [0, 0.05) is 18.3 Å². The van der Waals surface area contributed by atoms with Crippen LogP contribution < -0.4 is 10.6 Å². The molecule has 0 spiro atoms. The lowest BCUT2D eigenvalue weighted by Crippen LogP contribution is -2.55. The summed E-state index contributed by atoms with van der Waals surface area (Å²) in [5.41, 5.74) is -0.0167. The van der Waals surface area contributed by atoms with Crippen LogP contribution in [-0.4, -0.2) is 50.1 Å². The van der Waals surface area contributed by atoms with Crippen molar-refractivity contribution in [2.45, 2.75) is 62.4 Å². The fourth-order valence-electron chi connectivity index (χ4n) is 3.73. The zero-order valence-corrected chi connectivity index (χ0v) is 16.8. The Hall–Kier alpha value is -1.64. The van der Waals surface area contributed by atoms with Crippen LogP contribution in [0.5, 0.6) is 0 Å². The summed E-state index contributed by atoms with van der Waals surface area (Å²) >= 11 is 0. The summed E-state index contributed by atoms with van der Waals surface area (Å²) in [6.07, 6.45) is 5.56. The fraction of sp³-hybridized carbons (Fsp3) is 0.632. The van der Waals surface area contributed by atoms with Gasteiger partial charge in [0.05, 0.1) is 23.6 Å². The van der Waals surface area contributed by atoms with Gasteiger partial charge in [-0.05, 0) is 51.0 Å². The largest absolute Gasteiger partial charge is 0.378 e. The third-order valence-electron chi connectivity index (χ3n) is 5.21. The minimum Gasteiger partial charge on any atom is -0.378 e. The molecule has 1 aliphatic carbocycles. The number of sulfonamides is 1. The number of benzene rings is 1. The van der Waals surface area contributed by atoms with Gasteiger partial charge in [0.15, 0.2) is 0 Å². The van der Waals surface area contributed by atoms with Crippen molar-refractivity contribution in [1.29, 1.82) is 0 Å². The first kappa shape index (κ1) is 20.1. The molecule has 2 aliphatic rings. The van der Waals surface area contributed by atoms with E-state index in [0.29, 0.717) is 25.4 Å². The van der Waals surface area contributed by atoms with E-state index >= 15 is 0 Å². The predicted molar refractivity (Wildman–Crippen MR) is 104 cm³/mol. The molecule has 8 heteroatoms. The number of hydrogen-bond acceptors (Lipinski definition) is 4. The van der Waals surface area contributed by atoms with Gasteiger partial charge >= 0.3 is 6.03 Å². The standard InChI is InChI=1S/C19H29N3O4S/c1-19(2)14-26-13-12-22(19)27(24,25)17-10-8-16(9-11-17)21-18(23)20-15-6-4-3-5-7-15/h8-11,15H,3-7,12-14H2,1-2H3,(H2,20,21,23). The summed E-state index contributed by atoms with van der Waals surface area (Å²) in [4.78, 5) is 12.4. The van der Waals surface area contributed by atoms with Crippen molar-refractivity contribution in [3.05, 3.63) is 24.3 Å². The molecule has 3 rings (SSSR count). The third kappa shape index (κ3) is 4.80. The Morgan fingerprint density at radius 3 is 2.44 bits per heavy atom. The Morgan fingerprint density at radius 1 is 1.15 bits per heavy atom. The molecule has 150 valence electrons. The number of nitrogens with zero attached hydrogens (tertiary/aromatic N) is 1. The molecule has 1 saturated carbocycles. The van der Waals surface area contributed by atoms with Crippen LogP contribution in [0.25, 0.3) is 0 Å². The van der Waals surface area contributed by atoms with E-state index in [1.165, 1.54) is 22.9 Å². The normalized spacial score (nSPS) is 21.6. The molecule has 2 fully saturated rings. The molecule has 1 heterocycles. The van der Waals surface area contributed by atoms with Crippen LogP contribution in [0.2, 0.25) is 0 Å². The lowest BCUT2D eigenvalue weighted by molar-refractivity contribution is -0.00770. The smallest absolute Gasteiger partial charge is 0.319 e. The van der Waals surface area contributed by atoms with E-state index in [2.05, 4.69) is 10.6 Å². The molecule has 0 unspecified atom stereocenters. The molecule has 1 aliphatic heterocycles. The van der Waals surface area contributed by atoms with Crippen LogP contribution in [0, 0.1) is 0 Å². The van der Waals surface area contributed by atoms with E-state index in [1.807, 2.05) is 13.8 Å². The number of morpholine rings is 1. The van der Waals surface area contributed by atoms with Crippen LogP contribution in [0.4, 0.5) is 10.5 Å². The fourth-order valence-corrected chi connectivity index (χ4v) is 5.48. The molecule has 1 aromatic rings. The second-order valence-electron chi connectivity index (χ2n) is 7.90. The van der Waals surface area contributed by atoms with Gasteiger partial charge in [0.2, 0.25) is 10.0 Å². The highest BCUT2D eigenvalue weighted by Crippen LogP contribution is 2.28. The minimum atomic E-state index is -3.61.